The van der Waals surface area contributed by atoms with Crippen molar-refractivity contribution >= 4 is 50.9 Å². The predicted molar refractivity (Wildman–Crippen MR) is 97.1 cm³/mol. The molecule has 1 unspecified atom stereocenters. The van der Waals surface area contributed by atoms with Crippen LogP contribution in [0.2, 0.25) is 5.02 Å². The highest BCUT2D eigenvalue weighted by atomic mass is 79.9. The third kappa shape index (κ3) is 3.50. The summed E-state index contributed by atoms with van der Waals surface area (Å²) < 4.78 is 14.7. The Labute approximate surface area is 161 Å². The normalized spacial score (nSPS) is 16.6. The van der Waals surface area contributed by atoms with Gasteiger partial charge in [0.2, 0.25) is 5.91 Å². The average molecular weight is 441 g/mol. The van der Waals surface area contributed by atoms with Crippen molar-refractivity contribution in [3.8, 4) is 0 Å². The molecule has 1 amide bonds. The van der Waals surface area contributed by atoms with E-state index in [4.69, 9.17) is 16.7 Å². The van der Waals surface area contributed by atoms with Gasteiger partial charge >= 0.3 is 5.97 Å². The lowest BCUT2D eigenvalue weighted by Crippen LogP contribution is -2.47. The van der Waals surface area contributed by atoms with E-state index in [1.165, 1.54) is 30.3 Å². The molecule has 1 heterocycles. The van der Waals surface area contributed by atoms with E-state index in [0.717, 1.165) is 4.90 Å². The minimum absolute atomic E-state index is 0.155. The first-order valence-corrected chi connectivity index (χ1v) is 8.76. The van der Waals surface area contributed by atoms with Gasteiger partial charge in [-0.1, -0.05) is 33.6 Å². The number of ketones is 1. The van der Waals surface area contributed by atoms with E-state index in [-0.39, 0.29) is 28.3 Å². The van der Waals surface area contributed by atoms with Crippen LogP contribution < -0.4 is 4.90 Å². The van der Waals surface area contributed by atoms with Gasteiger partial charge in [0.25, 0.3) is 0 Å². The van der Waals surface area contributed by atoms with E-state index < -0.39 is 35.9 Å². The molecule has 1 aliphatic heterocycles. The maximum atomic E-state index is 14.1. The number of nitrogens with zero attached hydrogens (tertiary/aromatic N) is 1. The van der Waals surface area contributed by atoms with Crippen LogP contribution in [0.25, 0.3) is 0 Å². The Bertz CT molecular complexity index is 933. The molecule has 0 aromatic heterocycles. The molecular formula is C18H12BrClFNO4. The molecule has 2 aromatic rings. The van der Waals surface area contributed by atoms with Gasteiger partial charge in [0, 0.05) is 15.1 Å². The van der Waals surface area contributed by atoms with Gasteiger partial charge in [-0.15, -0.1) is 0 Å². The fourth-order valence-corrected chi connectivity index (χ4v) is 3.43. The van der Waals surface area contributed by atoms with Crippen LogP contribution >= 0.6 is 27.5 Å². The summed E-state index contributed by atoms with van der Waals surface area (Å²) in [6.07, 6.45) is -0.158. The molecule has 134 valence electrons. The summed E-state index contributed by atoms with van der Waals surface area (Å²) in [7, 11) is 0. The highest BCUT2D eigenvalue weighted by Gasteiger charge is 2.40. The molecule has 1 atom stereocenters. The van der Waals surface area contributed by atoms with Crippen molar-refractivity contribution in [3.05, 3.63) is 62.8 Å². The molecule has 8 heteroatoms. The Hall–Kier alpha value is -2.25. The number of hydrogen-bond acceptors (Lipinski definition) is 3. The Morgan fingerprint density at radius 1 is 1.23 bits per heavy atom. The summed E-state index contributed by atoms with van der Waals surface area (Å²) in [6.45, 7) is -0.612. The average Bonchev–Trinajstić information content (AvgIpc) is 2.57. The standard InChI is InChI=1S/C18H12BrClFNO4/c19-10-2-1-9(14(21)6-10)5-13-17(25)12-4-3-11(20)7-15(12)22(18(13)26)8-16(23)24/h1-4,6-7,13H,5,8H2,(H,23,24). The number of halogens is 3. The molecule has 0 saturated heterocycles. The van der Waals surface area contributed by atoms with Crippen LogP contribution in [0.5, 0.6) is 0 Å². The molecule has 0 radical (unpaired) electrons. The van der Waals surface area contributed by atoms with Crippen molar-refractivity contribution in [1.29, 1.82) is 0 Å². The number of fused-ring (bicyclic) bond motifs is 1. The van der Waals surface area contributed by atoms with Crippen LogP contribution in [0.3, 0.4) is 0 Å². The van der Waals surface area contributed by atoms with Crippen LogP contribution in [-0.4, -0.2) is 29.3 Å². The molecule has 1 aliphatic rings. The number of carboxylic acids is 1. The number of rotatable bonds is 4. The molecule has 0 fully saturated rings. The molecule has 0 bridgehead atoms. The van der Waals surface area contributed by atoms with Crippen LogP contribution in [0.15, 0.2) is 40.9 Å². The van der Waals surface area contributed by atoms with Gasteiger partial charge in [-0.25, -0.2) is 4.39 Å². The quantitative estimate of drug-likeness (QED) is 0.736. The lowest BCUT2D eigenvalue weighted by Gasteiger charge is -2.32. The van der Waals surface area contributed by atoms with Crippen molar-refractivity contribution < 1.29 is 23.9 Å². The first-order chi connectivity index (χ1) is 12.3. The third-order valence-electron chi connectivity index (χ3n) is 4.13. The summed E-state index contributed by atoms with van der Waals surface area (Å²) >= 11 is 9.08. The first kappa shape index (κ1) is 18.5. The lowest BCUT2D eigenvalue weighted by atomic mass is 9.85. The van der Waals surface area contributed by atoms with Crippen molar-refractivity contribution in [3.63, 3.8) is 0 Å². The highest BCUT2D eigenvalue weighted by molar-refractivity contribution is 9.10. The van der Waals surface area contributed by atoms with Gasteiger partial charge in [-0.05, 0) is 42.3 Å². The number of carboxylic acid groups (broad SMARTS) is 1. The van der Waals surface area contributed by atoms with E-state index in [0.29, 0.717) is 4.47 Å². The monoisotopic (exact) mass is 439 g/mol. The third-order valence-corrected chi connectivity index (χ3v) is 4.86. The first-order valence-electron chi connectivity index (χ1n) is 7.59. The molecule has 0 spiro atoms. The second-order valence-corrected chi connectivity index (χ2v) is 7.19. The smallest absolute Gasteiger partial charge is 0.323 e. The van der Waals surface area contributed by atoms with E-state index in [9.17, 15) is 18.8 Å². The molecule has 1 N–H and O–H groups in total. The molecular weight excluding hydrogens is 429 g/mol. The van der Waals surface area contributed by atoms with Crippen molar-refractivity contribution in [1.82, 2.24) is 0 Å². The largest absolute Gasteiger partial charge is 0.480 e. The number of carbonyl (C=O) groups is 3. The van der Waals surface area contributed by atoms with Crippen LogP contribution in [-0.2, 0) is 16.0 Å². The van der Waals surface area contributed by atoms with Gasteiger partial charge in [0.15, 0.2) is 5.78 Å². The zero-order chi connectivity index (χ0) is 19.0. The zero-order valence-electron chi connectivity index (χ0n) is 13.2. The molecule has 3 rings (SSSR count). The minimum atomic E-state index is -1.23. The molecule has 26 heavy (non-hydrogen) atoms. The van der Waals surface area contributed by atoms with E-state index >= 15 is 0 Å². The second-order valence-electron chi connectivity index (χ2n) is 5.84. The highest BCUT2D eigenvalue weighted by Crippen LogP contribution is 2.34. The fourth-order valence-electron chi connectivity index (χ4n) is 2.93. The van der Waals surface area contributed by atoms with Gasteiger partial charge < -0.3 is 5.11 Å². The number of Topliss-reactive ketones (excluding diaryl/α,β-unsaturated/α-hetero) is 1. The summed E-state index contributed by atoms with van der Waals surface area (Å²) in [4.78, 5) is 37.8. The minimum Gasteiger partial charge on any atom is -0.480 e. The maximum absolute atomic E-state index is 14.1. The summed E-state index contributed by atoms with van der Waals surface area (Å²) in [5.74, 6) is -4.14. The van der Waals surface area contributed by atoms with Crippen molar-refractivity contribution in [2.45, 2.75) is 6.42 Å². The van der Waals surface area contributed by atoms with Gasteiger partial charge in [0.1, 0.15) is 18.3 Å². The maximum Gasteiger partial charge on any atom is 0.323 e. The Morgan fingerprint density at radius 3 is 2.62 bits per heavy atom. The van der Waals surface area contributed by atoms with Gasteiger partial charge in [-0.3, -0.25) is 19.3 Å². The molecule has 5 nitrogen and oxygen atoms in total. The Morgan fingerprint density at radius 2 is 1.96 bits per heavy atom. The zero-order valence-corrected chi connectivity index (χ0v) is 15.6. The lowest BCUT2D eigenvalue weighted by molar-refractivity contribution is -0.137. The fraction of sp³-hybridized carbons (Fsp3) is 0.167. The van der Waals surface area contributed by atoms with E-state index in [1.54, 1.807) is 6.07 Å². The Kier molecular flexibility index (Phi) is 5.11. The number of carbonyl (C=O) groups excluding carboxylic acids is 2. The van der Waals surface area contributed by atoms with Crippen LogP contribution in [0.1, 0.15) is 15.9 Å². The second kappa shape index (κ2) is 7.17. The van der Waals surface area contributed by atoms with Crippen molar-refractivity contribution in [2.75, 3.05) is 11.4 Å². The number of anilines is 1. The van der Waals surface area contributed by atoms with E-state index in [1.807, 2.05) is 0 Å². The van der Waals surface area contributed by atoms with Gasteiger partial charge in [-0.2, -0.15) is 0 Å². The van der Waals surface area contributed by atoms with E-state index in [2.05, 4.69) is 15.9 Å². The van der Waals surface area contributed by atoms with Crippen molar-refractivity contribution in [2.24, 2.45) is 5.92 Å². The number of hydrogen-bond donors (Lipinski definition) is 1. The van der Waals surface area contributed by atoms with Crippen LogP contribution in [0.4, 0.5) is 10.1 Å². The number of benzene rings is 2. The molecule has 0 saturated carbocycles. The summed E-state index contributed by atoms with van der Waals surface area (Å²) in [5, 5.41) is 9.39. The van der Waals surface area contributed by atoms with Gasteiger partial charge in [0.05, 0.1) is 5.69 Å². The molecule has 2 aromatic carbocycles. The number of aliphatic carboxylic acids is 1. The van der Waals surface area contributed by atoms with Crippen LogP contribution in [0, 0.1) is 11.7 Å². The summed E-state index contributed by atoms with van der Waals surface area (Å²) in [5.41, 5.74) is 0.549. The SMILES string of the molecule is O=C(O)CN1C(=O)C(Cc2ccc(Br)cc2F)C(=O)c2ccc(Cl)cc21. The summed E-state index contributed by atoms with van der Waals surface area (Å²) in [6, 6.07) is 8.66. The number of amides is 1. The molecule has 0 aliphatic carbocycles. The topological polar surface area (TPSA) is 74.7 Å². The predicted octanol–water partition coefficient (Wildman–Crippen LogP) is 3.71. The Balaban J connectivity index is 2.03.